The summed E-state index contributed by atoms with van der Waals surface area (Å²) >= 11 is 0. The van der Waals surface area contributed by atoms with Crippen molar-refractivity contribution in [2.24, 2.45) is 0 Å². The highest BCUT2D eigenvalue weighted by Crippen LogP contribution is 2.67. The lowest BCUT2D eigenvalue weighted by Crippen LogP contribution is -2.57. The van der Waals surface area contributed by atoms with E-state index in [-0.39, 0.29) is 30.7 Å². The molecule has 1 aliphatic rings. The van der Waals surface area contributed by atoms with Crippen LogP contribution in [0.15, 0.2) is 12.1 Å². The molecule has 182 valence electrons. The van der Waals surface area contributed by atoms with E-state index in [4.69, 9.17) is 18.5 Å². The molecule has 1 heterocycles. The van der Waals surface area contributed by atoms with Gasteiger partial charge in [-0.25, -0.2) is 4.79 Å². The van der Waals surface area contributed by atoms with E-state index < -0.39 is 19.0 Å². The van der Waals surface area contributed by atoms with Crippen molar-refractivity contribution in [1.82, 2.24) is 0 Å². The fourth-order valence-electron chi connectivity index (χ4n) is 3.90. The summed E-state index contributed by atoms with van der Waals surface area (Å²) in [5, 5.41) is 0. The van der Waals surface area contributed by atoms with E-state index in [0.717, 1.165) is 11.1 Å². The monoisotopic (exact) mass is 469 g/mol. The van der Waals surface area contributed by atoms with Gasteiger partial charge in [0.25, 0.3) is 0 Å². The summed E-state index contributed by atoms with van der Waals surface area (Å²) in [6.07, 6.45) is 0. The van der Waals surface area contributed by atoms with Gasteiger partial charge in [0.15, 0.2) is 5.75 Å². The molecule has 0 saturated heterocycles. The Morgan fingerprint density at radius 3 is 1.94 bits per heavy atom. The van der Waals surface area contributed by atoms with Crippen LogP contribution in [0.1, 0.15) is 80.4 Å². The topological polar surface area (TPSA) is 74.3 Å². The first kappa shape index (κ1) is 26.7. The summed E-state index contributed by atoms with van der Waals surface area (Å²) in [4.78, 5) is 15.2. The maximum absolute atomic E-state index is 14.2. The number of benzene rings is 1. The number of carbonyl (C=O) groups is 1. The van der Waals surface area contributed by atoms with E-state index in [1.165, 1.54) is 0 Å². The van der Waals surface area contributed by atoms with Crippen molar-refractivity contribution in [3.8, 4) is 5.75 Å². The SMILES string of the molecule is CCOC(=O)C1(P(=O)(OCC)OCC)Oc2c(cc(C(C)(C)C)cc2C(C)(C)C)N1CC. The molecule has 0 amide bonds. The normalized spacial score (nSPS) is 19.0. The molecule has 7 nitrogen and oxygen atoms in total. The van der Waals surface area contributed by atoms with Crippen LogP contribution in [-0.4, -0.2) is 37.8 Å². The molecule has 0 spiro atoms. The Balaban J connectivity index is 2.94. The Morgan fingerprint density at radius 2 is 1.53 bits per heavy atom. The zero-order chi connectivity index (χ0) is 24.5. The quantitative estimate of drug-likeness (QED) is 0.342. The Hall–Kier alpha value is -1.56. The number of rotatable bonds is 8. The standard InChI is InChI=1S/C24H40NO6P/c1-11-25-19-16-17(22(5,6)7)15-18(23(8,9)10)20(19)31-24(25,21(26)28-12-2)32(27,29-13-3)30-14-4/h15-16H,11-14H2,1-10H3. The average molecular weight is 470 g/mol. The van der Waals surface area contributed by atoms with Crippen molar-refractivity contribution in [3.63, 3.8) is 0 Å². The van der Waals surface area contributed by atoms with Gasteiger partial charge in [0.2, 0.25) is 0 Å². The van der Waals surface area contributed by atoms with Crippen LogP contribution in [0.5, 0.6) is 5.75 Å². The second kappa shape index (κ2) is 9.36. The molecule has 0 saturated carbocycles. The van der Waals surface area contributed by atoms with Gasteiger partial charge in [0.1, 0.15) is 0 Å². The summed E-state index contributed by atoms with van der Waals surface area (Å²) in [7, 11) is -4.14. The van der Waals surface area contributed by atoms with E-state index >= 15 is 0 Å². The van der Waals surface area contributed by atoms with Crippen molar-refractivity contribution in [2.75, 3.05) is 31.3 Å². The number of likely N-dealkylation sites (N-methyl/N-ethyl adjacent to an activating group) is 1. The molecular formula is C24H40NO6P. The molecule has 0 radical (unpaired) electrons. The number of carbonyl (C=O) groups excluding carboxylic acids is 1. The fraction of sp³-hybridized carbons (Fsp3) is 0.708. The molecular weight excluding hydrogens is 429 g/mol. The third-order valence-corrected chi connectivity index (χ3v) is 7.93. The third-order valence-electron chi connectivity index (χ3n) is 5.47. The second-order valence-corrected chi connectivity index (χ2v) is 12.0. The van der Waals surface area contributed by atoms with Gasteiger partial charge < -0.3 is 23.4 Å². The number of hydrogen-bond acceptors (Lipinski definition) is 7. The van der Waals surface area contributed by atoms with Gasteiger partial charge in [-0.05, 0) is 50.2 Å². The molecule has 1 aliphatic heterocycles. The van der Waals surface area contributed by atoms with Crippen LogP contribution in [0.25, 0.3) is 0 Å². The maximum atomic E-state index is 14.2. The van der Waals surface area contributed by atoms with Gasteiger partial charge in [0, 0.05) is 12.1 Å². The molecule has 8 heteroatoms. The summed E-state index contributed by atoms with van der Waals surface area (Å²) in [5.41, 5.74) is 0.208. The van der Waals surface area contributed by atoms with Crippen molar-refractivity contribution < 1.29 is 27.9 Å². The molecule has 0 aromatic heterocycles. The first-order valence-electron chi connectivity index (χ1n) is 11.5. The van der Waals surface area contributed by atoms with E-state index in [0.29, 0.717) is 18.0 Å². The number of anilines is 1. The van der Waals surface area contributed by atoms with Crippen LogP contribution < -0.4 is 9.64 Å². The first-order chi connectivity index (χ1) is 14.7. The van der Waals surface area contributed by atoms with Crippen molar-refractivity contribution in [1.29, 1.82) is 0 Å². The summed E-state index contributed by atoms with van der Waals surface area (Å²) in [6.45, 7) is 20.3. The van der Waals surface area contributed by atoms with Gasteiger partial charge in [-0.1, -0.05) is 47.6 Å². The summed E-state index contributed by atoms with van der Waals surface area (Å²) in [5.74, 6) is -0.263. The van der Waals surface area contributed by atoms with Crippen LogP contribution in [0.3, 0.4) is 0 Å². The van der Waals surface area contributed by atoms with Crippen LogP contribution in [0.2, 0.25) is 0 Å². The van der Waals surface area contributed by atoms with Crippen LogP contribution >= 0.6 is 7.60 Å². The minimum Gasteiger partial charge on any atom is -0.461 e. The Labute approximate surface area is 193 Å². The maximum Gasteiger partial charge on any atom is 0.407 e. The highest BCUT2D eigenvalue weighted by molar-refractivity contribution is 7.56. The largest absolute Gasteiger partial charge is 0.461 e. The van der Waals surface area contributed by atoms with Gasteiger partial charge in [-0.2, -0.15) is 0 Å². The number of fused-ring (bicyclic) bond motifs is 1. The van der Waals surface area contributed by atoms with Gasteiger partial charge in [0.05, 0.1) is 25.5 Å². The number of hydrogen-bond donors (Lipinski definition) is 0. The Bertz CT molecular complexity index is 876. The Morgan fingerprint density at radius 1 is 0.969 bits per heavy atom. The smallest absolute Gasteiger partial charge is 0.407 e. The molecule has 32 heavy (non-hydrogen) atoms. The minimum atomic E-state index is -4.14. The minimum absolute atomic E-state index is 0.0923. The molecule has 0 aliphatic carbocycles. The molecule has 1 aromatic carbocycles. The molecule has 1 aromatic rings. The number of esters is 1. The van der Waals surface area contributed by atoms with E-state index in [1.807, 2.05) is 13.0 Å². The van der Waals surface area contributed by atoms with Crippen molar-refractivity contribution in [3.05, 3.63) is 23.3 Å². The van der Waals surface area contributed by atoms with Crippen molar-refractivity contribution in [2.45, 2.75) is 85.5 Å². The van der Waals surface area contributed by atoms with E-state index in [2.05, 4.69) is 47.6 Å². The molecule has 1 atom stereocenters. The summed E-state index contributed by atoms with van der Waals surface area (Å²) in [6, 6.07) is 4.12. The van der Waals surface area contributed by atoms with Gasteiger partial charge in [-0.15, -0.1) is 0 Å². The highest BCUT2D eigenvalue weighted by atomic mass is 31.2. The summed E-state index contributed by atoms with van der Waals surface area (Å²) < 4.78 is 37.4. The average Bonchev–Trinajstić information content (AvgIpc) is 3.02. The lowest BCUT2D eigenvalue weighted by Gasteiger charge is -2.38. The van der Waals surface area contributed by atoms with Crippen LogP contribution in [-0.2, 0) is 34.0 Å². The van der Waals surface area contributed by atoms with Crippen LogP contribution in [0.4, 0.5) is 5.69 Å². The van der Waals surface area contributed by atoms with E-state index in [1.54, 1.807) is 25.7 Å². The first-order valence-corrected chi connectivity index (χ1v) is 13.0. The van der Waals surface area contributed by atoms with E-state index in [9.17, 15) is 9.36 Å². The zero-order valence-electron chi connectivity index (χ0n) is 21.3. The predicted molar refractivity (Wildman–Crippen MR) is 128 cm³/mol. The molecule has 1 unspecified atom stereocenters. The third kappa shape index (κ3) is 4.44. The lowest BCUT2D eigenvalue weighted by molar-refractivity contribution is -0.155. The van der Waals surface area contributed by atoms with Crippen molar-refractivity contribution >= 4 is 19.3 Å². The van der Waals surface area contributed by atoms with Gasteiger partial charge in [-0.3, -0.25) is 4.57 Å². The molecule has 2 rings (SSSR count). The number of ether oxygens (including phenoxy) is 2. The molecule has 0 N–H and O–H groups in total. The van der Waals surface area contributed by atoms with Gasteiger partial charge >= 0.3 is 19.0 Å². The number of nitrogens with zero attached hydrogens (tertiary/aromatic N) is 1. The molecule has 0 fully saturated rings. The zero-order valence-corrected chi connectivity index (χ0v) is 22.2. The van der Waals surface area contributed by atoms with Crippen LogP contribution in [0, 0.1) is 0 Å². The second-order valence-electron chi connectivity index (χ2n) is 9.88. The highest BCUT2D eigenvalue weighted by Gasteiger charge is 2.69. The fourth-order valence-corrected chi connectivity index (χ4v) is 6.04. The lowest BCUT2D eigenvalue weighted by atomic mass is 9.79. The Kier molecular flexibility index (Phi) is 7.81. The molecule has 0 bridgehead atoms. The predicted octanol–water partition coefficient (Wildman–Crippen LogP) is 5.98.